The molecule has 3 rings (SSSR count). The monoisotopic (exact) mass is 421 g/mol. The molecule has 9 heteroatoms. The van der Waals surface area contributed by atoms with Crippen LogP contribution in [0.15, 0.2) is 17.6 Å². The number of aromatic nitrogens is 2. The lowest BCUT2D eigenvalue weighted by Gasteiger charge is -2.27. The first kappa shape index (κ1) is 20.5. The Balaban J connectivity index is 1.54. The zero-order valence-corrected chi connectivity index (χ0v) is 17.6. The van der Waals surface area contributed by atoms with E-state index in [4.69, 9.17) is 11.6 Å². The Morgan fingerprint density at radius 3 is 2.89 bits per heavy atom. The molecule has 0 radical (unpaired) electrons. The highest BCUT2D eigenvalue weighted by Gasteiger charge is 2.22. The SMILES string of the molecule is CCN(CC)c1ncc(Cl)c(C(=O)NCCC(=O)N2CCc3sccc3C2)n1. The Bertz CT molecular complexity index is 853. The van der Waals surface area contributed by atoms with Crippen molar-refractivity contribution in [3.8, 4) is 0 Å². The van der Waals surface area contributed by atoms with Crippen LogP contribution in [0.25, 0.3) is 0 Å². The van der Waals surface area contributed by atoms with E-state index in [1.807, 2.05) is 23.6 Å². The van der Waals surface area contributed by atoms with Crippen LogP contribution < -0.4 is 10.2 Å². The molecular weight excluding hydrogens is 398 g/mol. The molecule has 0 unspecified atom stereocenters. The summed E-state index contributed by atoms with van der Waals surface area (Å²) in [4.78, 5) is 38.6. The summed E-state index contributed by atoms with van der Waals surface area (Å²) < 4.78 is 0. The van der Waals surface area contributed by atoms with Crippen LogP contribution in [0.5, 0.6) is 0 Å². The molecule has 2 amide bonds. The third kappa shape index (κ3) is 4.62. The summed E-state index contributed by atoms with van der Waals surface area (Å²) in [7, 11) is 0. The van der Waals surface area contributed by atoms with Crippen molar-refractivity contribution in [1.29, 1.82) is 0 Å². The Kier molecular flexibility index (Phi) is 6.85. The maximum atomic E-state index is 12.5. The molecule has 0 atom stereocenters. The Labute approximate surface area is 173 Å². The van der Waals surface area contributed by atoms with Crippen LogP contribution in [-0.4, -0.2) is 52.9 Å². The molecule has 2 aromatic rings. The van der Waals surface area contributed by atoms with Gasteiger partial charge in [-0.25, -0.2) is 9.97 Å². The van der Waals surface area contributed by atoms with E-state index >= 15 is 0 Å². The molecule has 0 spiro atoms. The highest BCUT2D eigenvalue weighted by Crippen LogP contribution is 2.24. The summed E-state index contributed by atoms with van der Waals surface area (Å²) in [5.41, 5.74) is 1.36. The number of rotatable bonds is 7. The average molecular weight is 422 g/mol. The molecule has 1 N–H and O–H groups in total. The van der Waals surface area contributed by atoms with Gasteiger partial charge in [0.25, 0.3) is 5.91 Å². The molecule has 3 heterocycles. The van der Waals surface area contributed by atoms with Gasteiger partial charge in [0.05, 0.1) is 11.2 Å². The number of carbonyl (C=O) groups is 2. The summed E-state index contributed by atoms with van der Waals surface area (Å²) in [5.74, 6) is 0.109. The third-order valence-electron chi connectivity index (χ3n) is 4.78. The van der Waals surface area contributed by atoms with Gasteiger partial charge in [-0.1, -0.05) is 11.6 Å². The molecule has 0 bridgehead atoms. The second-order valence-electron chi connectivity index (χ2n) is 6.48. The van der Waals surface area contributed by atoms with E-state index in [-0.39, 0.29) is 29.6 Å². The normalized spacial score (nSPS) is 13.2. The van der Waals surface area contributed by atoms with Crippen LogP contribution in [0.1, 0.15) is 41.2 Å². The first-order valence-corrected chi connectivity index (χ1v) is 10.7. The summed E-state index contributed by atoms with van der Waals surface area (Å²) in [6.07, 6.45) is 2.58. The van der Waals surface area contributed by atoms with Crippen molar-refractivity contribution in [3.63, 3.8) is 0 Å². The van der Waals surface area contributed by atoms with Crippen molar-refractivity contribution in [2.24, 2.45) is 0 Å². The van der Waals surface area contributed by atoms with Gasteiger partial charge in [0.15, 0.2) is 5.69 Å². The van der Waals surface area contributed by atoms with E-state index in [2.05, 4.69) is 26.7 Å². The smallest absolute Gasteiger partial charge is 0.271 e. The minimum Gasteiger partial charge on any atom is -0.350 e. The number of fused-ring (bicyclic) bond motifs is 1. The number of thiophene rings is 1. The molecule has 1 aliphatic rings. The highest BCUT2D eigenvalue weighted by molar-refractivity contribution is 7.10. The number of amides is 2. The van der Waals surface area contributed by atoms with Gasteiger partial charge in [-0.05, 0) is 37.3 Å². The van der Waals surface area contributed by atoms with Crippen molar-refractivity contribution in [1.82, 2.24) is 20.2 Å². The highest BCUT2D eigenvalue weighted by atomic mass is 35.5. The molecule has 0 fully saturated rings. The third-order valence-corrected chi connectivity index (χ3v) is 6.08. The molecule has 0 aliphatic carbocycles. The topological polar surface area (TPSA) is 78.4 Å². The molecule has 1 aliphatic heterocycles. The summed E-state index contributed by atoms with van der Waals surface area (Å²) in [6.45, 7) is 7.07. The van der Waals surface area contributed by atoms with Crippen LogP contribution in [-0.2, 0) is 17.8 Å². The zero-order chi connectivity index (χ0) is 20.1. The van der Waals surface area contributed by atoms with Crippen LogP contribution in [0.4, 0.5) is 5.95 Å². The standard InChI is InChI=1S/C19H24ClN5O2S/c1-3-24(4-2)19-22-11-14(20)17(23-19)18(27)21-8-5-16(26)25-9-6-15-13(12-25)7-10-28-15/h7,10-11H,3-6,8-9,12H2,1-2H3,(H,21,27). The predicted octanol–water partition coefficient (Wildman–Crippen LogP) is 2.74. The van der Waals surface area contributed by atoms with E-state index in [0.717, 1.165) is 26.1 Å². The van der Waals surface area contributed by atoms with Gasteiger partial charge in [0.2, 0.25) is 11.9 Å². The lowest BCUT2D eigenvalue weighted by Crippen LogP contribution is -2.37. The van der Waals surface area contributed by atoms with Gasteiger partial charge in [-0.2, -0.15) is 0 Å². The van der Waals surface area contributed by atoms with E-state index in [1.54, 1.807) is 11.3 Å². The van der Waals surface area contributed by atoms with E-state index < -0.39 is 5.91 Å². The van der Waals surface area contributed by atoms with Gasteiger partial charge in [0, 0.05) is 44.0 Å². The average Bonchev–Trinajstić information content (AvgIpc) is 3.17. The Hall–Kier alpha value is -2.19. The minimum absolute atomic E-state index is 0.0368. The van der Waals surface area contributed by atoms with Crippen LogP contribution in [0.3, 0.4) is 0 Å². The Morgan fingerprint density at radius 2 is 2.14 bits per heavy atom. The molecule has 0 saturated heterocycles. The molecular formula is C19H24ClN5O2S. The lowest BCUT2D eigenvalue weighted by molar-refractivity contribution is -0.131. The number of carbonyl (C=O) groups excluding carboxylic acids is 2. The van der Waals surface area contributed by atoms with E-state index in [0.29, 0.717) is 12.5 Å². The fourth-order valence-electron chi connectivity index (χ4n) is 3.16. The van der Waals surface area contributed by atoms with Crippen molar-refractivity contribution < 1.29 is 9.59 Å². The summed E-state index contributed by atoms with van der Waals surface area (Å²) >= 11 is 7.85. The molecule has 7 nitrogen and oxygen atoms in total. The van der Waals surface area contributed by atoms with Crippen molar-refractivity contribution >= 4 is 40.7 Å². The second kappa shape index (κ2) is 9.34. The van der Waals surface area contributed by atoms with Gasteiger partial charge >= 0.3 is 0 Å². The second-order valence-corrected chi connectivity index (χ2v) is 7.89. The quantitative estimate of drug-likeness (QED) is 0.743. The van der Waals surface area contributed by atoms with Crippen molar-refractivity contribution in [2.45, 2.75) is 33.2 Å². The maximum Gasteiger partial charge on any atom is 0.271 e. The summed E-state index contributed by atoms with van der Waals surface area (Å²) in [6, 6.07) is 2.08. The summed E-state index contributed by atoms with van der Waals surface area (Å²) in [5, 5.41) is 5.01. The van der Waals surface area contributed by atoms with Crippen molar-refractivity contribution in [2.75, 3.05) is 31.1 Å². The van der Waals surface area contributed by atoms with Gasteiger partial charge in [-0.3, -0.25) is 9.59 Å². The number of nitrogens with one attached hydrogen (secondary N) is 1. The fourth-order valence-corrected chi connectivity index (χ4v) is 4.23. The first-order chi connectivity index (χ1) is 13.5. The minimum atomic E-state index is -0.396. The molecule has 150 valence electrons. The Morgan fingerprint density at radius 1 is 1.36 bits per heavy atom. The largest absolute Gasteiger partial charge is 0.350 e. The zero-order valence-electron chi connectivity index (χ0n) is 16.1. The lowest BCUT2D eigenvalue weighted by atomic mass is 10.1. The van der Waals surface area contributed by atoms with Crippen LogP contribution in [0, 0.1) is 0 Å². The van der Waals surface area contributed by atoms with Gasteiger partial charge < -0.3 is 15.1 Å². The molecule has 2 aromatic heterocycles. The van der Waals surface area contributed by atoms with E-state index in [1.165, 1.54) is 16.6 Å². The van der Waals surface area contributed by atoms with E-state index in [9.17, 15) is 9.59 Å². The predicted molar refractivity (Wildman–Crippen MR) is 111 cm³/mol. The number of hydrogen-bond acceptors (Lipinski definition) is 6. The first-order valence-electron chi connectivity index (χ1n) is 9.42. The maximum absolute atomic E-state index is 12.5. The molecule has 0 aromatic carbocycles. The number of hydrogen-bond donors (Lipinski definition) is 1. The molecule has 0 saturated carbocycles. The van der Waals surface area contributed by atoms with Crippen LogP contribution >= 0.6 is 22.9 Å². The van der Waals surface area contributed by atoms with Crippen LogP contribution in [0.2, 0.25) is 5.02 Å². The van der Waals surface area contributed by atoms with Gasteiger partial charge in [-0.15, -0.1) is 11.3 Å². The number of anilines is 1. The van der Waals surface area contributed by atoms with Gasteiger partial charge in [0.1, 0.15) is 0 Å². The molecule has 28 heavy (non-hydrogen) atoms. The fraction of sp³-hybridized carbons (Fsp3) is 0.474. The number of nitrogens with zero attached hydrogens (tertiary/aromatic N) is 4. The number of halogens is 1. The van der Waals surface area contributed by atoms with Crippen molar-refractivity contribution in [3.05, 3.63) is 38.8 Å².